The number of allylic oxidation sites excluding steroid dienone is 1. The molecule has 0 amide bonds. The molecule has 0 atom stereocenters. The van der Waals surface area contributed by atoms with E-state index in [1.165, 1.54) is 5.56 Å². The van der Waals surface area contributed by atoms with Crippen molar-refractivity contribution in [3.63, 3.8) is 0 Å². The molecule has 2 aromatic rings. The zero-order valence-electron chi connectivity index (χ0n) is 21.3. The van der Waals surface area contributed by atoms with Gasteiger partial charge in [0.1, 0.15) is 5.69 Å². The Balaban J connectivity index is 2.40. The summed E-state index contributed by atoms with van der Waals surface area (Å²) in [5.41, 5.74) is 4.02. The summed E-state index contributed by atoms with van der Waals surface area (Å²) in [7, 11) is 3.46. The summed E-state index contributed by atoms with van der Waals surface area (Å²) in [5.74, 6) is 0.404. The van der Waals surface area contributed by atoms with Crippen LogP contribution in [0, 0.1) is 6.92 Å². The van der Waals surface area contributed by atoms with Crippen LogP contribution >= 0.6 is 11.6 Å². The van der Waals surface area contributed by atoms with E-state index in [2.05, 4.69) is 49.9 Å². The van der Waals surface area contributed by atoms with E-state index in [1.54, 1.807) is 25.0 Å². The first kappa shape index (κ1) is 27.4. The fourth-order valence-corrected chi connectivity index (χ4v) is 3.63. The van der Waals surface area contributed by atoms with Gasteiger partial charge in [0, 0.05) is 25.9 Å². The van der Waals surface area contributed by atoms with Crippen molar-refractivity contribution in [1.82, 2.24) is 9.78 Å². The van der Waals surface area contributed by atoms with E-state index < -0.39 is 6.16 Å². The van der Waals surface area contributed by atoms with Crippen molar-refractivity contribution in [1.29, 1.82) is 0 Å². The van der Waals surface area contributed by atoms with Gasteiger partial charge in [0.25, 0.3) is 0 Å². The van der Waals surface area contributed by atoms with Gasteiger partial charge in [0.15, 0.2) is 5.76 Å². The van der Waals surface area contributed by atoms with Crippen LogP contribution in [0.15, 0.2) is 29.3 Å². The molecule has 0 unspecified atom stereocenters. The third-order valence-corrected chi connectivity index (χ3v) is 5.73. The molecule has 34 heavy (non-hydrogen) atoms. The van der Waals surface area contributed by atoms with Crippen molar-refractivity contribution in [2.75, 3.05) is 20.4 Å². The van der Waals surface area contributed by atoms with Gasteiger partial charge in [-0.15, -0.1) is 0 Å². The molecule has 0 spiro atoms. The Kier molecular flexibility index (Phi) is 10.2. The standard InChI is InChI=1S/C26H36ClN3O4/c1-8-9-10-15-32-25(31)34-17-33-24(23-22(27)18(2)29-30(23)7)21(16-28-6)19-11-13-20(14-12-19)26(3,4)5/h11-14,16H,8-10,15,17H2,1-7H3/b24-21-,28-16-. The molecule has 8 heteroatoms. The van der Waals surface area contributed by atoms with E-state index in [0.717, 1.165) is 24.8 Å². The summed E-state index contributed by atoms with van der Waals surface area (Å²) in [6.45, 7) is 10.4. The largest absolute Gasteiger partial charge is 0.511 e. The Morgan fingerprint density at radius 2 is 1.82 bits per heavy atom. The predicted molar refractivity (Wildman–Crippen MR) is 137 cm³/mol. The fourth-order valence-electron chi connectivity index (χ4n) is 3.38. The number of aliphatic imine (C=N–C) groups is 1. The second-order valence-electron chi connectivity index (χ2n) is 9.04. The molecule has 0 saturated carbocycles. The number of aryl methyl sites for hydroxylation is 2. The van der Waals surface area contributed by atoms with E-state index in [4.69, 9.17) is 25.8 Å². The van der Waals surface area contributed by atoms with Crippen molar-refractivity contribution in [3.8, 4) is 0 Å². The molecule has 1 aromatic heterocycles. The zero-order chi connectivity index (χ0) is 25.3. The molecule has 0 bridgehead atoms. The van der Waals surface area contributed by atoms with Crippen molar-refractivity contribution in [3.05, 3.63) is 51.8 Å². The van der Waals surface area contributed by atoms with Crippen molar-refractivity contribution in [2.45, 2.75) is 59.3 Å². The lowest BCUT2D eigenvalue weighted by Crippen LogP contribution is -2.13. The van der Waals surface area contributed by atoms with Crippen LogP contribution in [-0.4, -0.2) is 42.6 Å². The number of ether oxygens (including phenoxy) is 3. The van der Waals surface area contributed by atoms with Crippen LogP contribution in [0.3, 0.4) is 0 Å². The van der Waals surface area contributed by atoms with Gasteiger partial charge in [0.05, 0.1) is 17.3 Å². The number of carbonyl (C=O) groups is 1. The maximum absolute atomic E-state index is 11.9. The molecule has 1 aromatic carbocycles. The third-order valence-electron chi connectivity index (χ3n) is 5.28. The van der Waals surface area contributed by atoms with Crippen LogP contribution in [0.4, 0.5) is 4.79 Å². The van der Waals surface area contributed by atoms with E-state index in [-0.39, 0.29) is 12.2 Å². The summed E-state index contributed by atoms with van der Waals surface area (Å²) >= 11 is 6.59. The van der Waals surface area contributed by atoms with Gasteiger partial charge in [-0.25, -0.2) is 4.79 Å². The highest BCUT2D eigenvalue weighted by atomic mass is 35.5. The summed E-state index contributed by atoms with van der Waals surface area (Å²) in [6, 6.07) is 8.19. The molecule has 0 saturated heterocycles. The molecule has 0 aliphatic heterocycles. The number of nitrogens with zero attached hydrogens (tertiary/aromatic N) is 3. The van der Waals surface area contributed by atoms with Crippen LogP contribution in [0.2, 0.25) is 5.02 Å². The van der Waals surface area contributed by atoms with Gasteiger partial charge in [-0.05, 0) is 29.9 Å². The second-order valence-corrected chi connectivity index (χ2v) is 9.42. The Labute approximate surface area is 207 Å². The zero-order valence-corrected chi connectivity index (χ0v) is 22.0. The lowest BCUT2D eigenvalue weighted by atomic mass is 9.86. The number of aromatic nitrogens is 2. The van der Waals surface area contributed by atoms with Gasteiger partial charge in [-0.1, -0.05) is 76.4 Å². The van der Waals surface area contributed by atoms with E-state index >= 15 is 0 Å². The maximum Gasteiger partial charge on any atom is 0.511 e. The highest BCUT2D eigenvalue weighted by Crippen LogP contribution is 2.33. The third kappa shape index (κ3) is 7.35. The first-order valence-electron chi connectivity index (χ1n) is 11.5. The first-order valence-corrected chi connectivity index (χ1v) is 11.9. The summed E-state index contributed by atoms with van der Waals surface area (Å²) in [5, 5.41) is 4.86. The SMILES string of the molecule is CCCCCOC(=O)OCO/C(=C(/C=N\C)c1ccc(C(C)(C)C)cc1)c1c(Cl)c(C)nn1C. The Morgan fingerprint density at radius 3 is 2.35 bits per heavy atom. The van der Waals surface area contributed by atoms with Crippen LogP contribution < -0.4 is 0 Å². The molecule has 0 radical (unpaired) electrons. The molecule has 2 rings (SSSR count). The average molecular weight is 490 g/mol. The summed E-state index contributed by atoms with van der Waals surface area (Å²) in [6.07, 6.45) is 3.75. The minimum absolute atomic E-state index is 0.0222. The molecule has 186 valence electrons. The van der Waals surface area contributed by atoms with Crippen molar-refractivity contribution >= 4 is 35.3 Å². The maximum atomic E-state index is 11.9. The van der Waals surface area contributed by atoms with Crippen LogP contribution in [0.1, 0.15) is 69.5 Å². The van der Waals surface area contributed by atoms with E-state index in [9.17, 15) is 4.79 Å². The molecular formula is C26H36ClN3O4. The number of halogens is 1. The van der Waals surface area contributed by atoms with E-state index in [0.29, 0.717) is 34.3 Å². The molecule has 0 fully saturated rings. The van der Waals surface area contributed by atoms with E-state index in [1.807, 2.05) is 19.1 Å². The molecule has 1 heterocycles. The normalized spacial score (nSPS) is 12.6. The van der Waals surface area contributed by atoms with Gasteiger partial charge in [-0.2, -0.15) is 5.10 Å². The number of carbonyl (C=O) groups excluding carboxylic acids is 1. The van der Waals surface area contributed by atoms with Gasteiger partial charge in [0.2, 0.25) is 6.79 Å². The minimum Gasteiger partial charge on any atom is -0.454 e. The predicted octanol–water partition coefficient (Wildman–Crippen LogP) is 6.57. The van der Waals surface area contributed by atoms with Crippen LogP contribution in [0.5, 0.6) is 0 Å². The monoisotopic (exact) mass is 489 g/mol. The molecule has 7 nitrogen and oxygen atoms in total. The van der Waals surface area contributed by atoms with Crippen LogP contribution in [0.25, 0.3) is 11.3 Å². The van der Waals surface area contributed by atoms with Crippen molar-refractivity contribution in [2.24, 2.45) is 12.0 Å². The quantitative estimate of drug-likeness (QED) is 0.124. The lowest BCUT2D eigenvalue weighted by molar-refractivity contribution is -0.00609. The number of hydrogen-bond acceptors (Lipinski definition) is 6. The smallest absolute Gasteiger partial charge is 0.454 e. The highest BCUT2D eigenvalue weighted by Gasteiger charge is 2.22. The topological polar surface area (TPSA) is 74.9 Å². The highest BCUT2D eigenvalue weighted by molar-refractivity contribution is 6.33. The van der Waals surface area contributed by atoms with Crippen molar-refractivity contribution < 1.29 is 19.0 Å². The molecule has 0 aliphatic carbocycles. The second kappa shape index (κ2) is 12.6. The molecule has 0 aliphatic rings. The number of rotatable bonds is 10. The fraction of sp³-hybridized carbons (Fsp3) is 0.500. The molecule has 0 N–H and O–H groups in total. The minimum atomic E-state index is -0.775. The Hall–Kier alpha value is -2.80. The Morgan fingerprint density at radius 1 is 1.15 bits per heavy atom. The lowest BCUT2D eigenvalue weighted by Gasteiger charge is -2.20. The number of hydrogen-bond donors (Lipinski definition) is 0. The number of unbranched alkanes of at least 4 members (excludes halogenated alkanes) is 2. The van der Waals surface area contributed by atoms with Gasteiger partial charge < -0.3 is 14.2 Å². The van der Waals surface area contributed by atoms with Crippen LogP contribution in [-0.2, 0) is 26.7 Å². The average Bonchev–Trinajstić information content (AvgIpc) is 3.04. The molecular weight excluding hydrogens is 454 g/mol. The first-order chi connectivity index (χ1) is 16.1. The summed E-state index contributed by atoms with van der Waals surface area (Å²) < 4.78 is 17.9. The van der Waals surface area contributed by atoms with Gasteiger partial charge >= 0.3 is 6.16 Å². The van der Waals surface area contributed by atoms with Gasteiger partial charge in [-0.3, -0.25) is 9.67 Å². The summed E-state index contributed by atoms with van der Waals surface area (Å²) in [4.78, 5) is 16.2. The Bertz CT molecular complexity index is 1020. The number of benzene rings is 1.